The molecular weight excluding hydrogens is 210 g/mol. The Labute approximate surface area is 105 Å². The molecule has 3 nitrogen and oxygen atoms in total. The number of hydrogen-bond donors (Lipinski definition) is 1. The topological polar surface area (TPSA) is 29.9 Å². The molecule has 3 heteroatoms. The Morgan fingerprint density at radius 2 is 2.24 bits per heavy atom. The molecule has 0 aromatic carbocycles. The Morgan fingerprint density at radius 3 is 2.94 bits per heavy atom. The van der Waals surface area contributed by atoms with Crippen LogP contribution in [-0.2, 0) is 0 Å². The van der Waals surface area contributed by atoms with E-state index in [4.69, 9.17) is 0 Å². The van der Waals surface area contributed by atoms with Crippen molar-refractivity contribution >= 4 is 0 Å². The molecule has 3 atom stereocenters. The highest BCUT2D eigenvalue weighted by Crippen LogP contribution is 2.35. The fourth-order valence-corrected chi connectivity index (χ4v) is 2.94. The first-order valence-corrected chi connectivity index (χ1v) is 6.97. The fraction of sp³-hybridized carbons (Fsp3) is 0.786. The summed E-state index contributed by atoms with van der Waals surface area (Å²) in [5.74, 6) is 0.821. The van der Waals surface area contributed by atoms with Gasteiger partial charge in [-0.1, -0.05) is 26.2 Å². The lowest BCUT2D eigenvalue weighted by atomic mass is 9.83. The van der Waals surface area contributed by atoms with Crippen LogP contribution in [0.1, 0.15) is 63.6 Å². The maximum Gasteiger partial charge on any atom is 0.0547 e. The summed E-state index contributed by atoms with van der Waals surface area (Å²) < 4.78 is 2.22. The highest BCUT2D eigenvalue weighted by molar-refractivity contribution is 5.09. The predicted octanol–water partition coefficient (Wildman–Crippen LogP) is 3.30. The molecule has 0 spiro atoms. The van der Waals surface area contributed by atoms with E-state index in [9.17, 15) is 0 Å². The smallest absolute Gasteiger partial charge is 0.0547 e. The van der Waals surface area contributed by atoms with Gasteiger partial charge in [0.25, 0.3) is 0 Å². The molecule has 0 radical (unpaired) electrons. The van der Waals surface area contributed by atoms with Gasteiger partial charge in [-0.3, -0.25) is 4.68 Å². The number of aromatic nitrogens is 2. The third-order valence-electron chi connectivity index (χ3n) is 4.29. The van der Waals surface area contributed by atoms with Gasteiger partial charge in [0.05, 0.1) is 12.2 Å². The highest BCUT2D eigenvalue weighted by atomic mass is 15.3. The van der Waals surface area contributed by atoms with Gasteiger partial charge >= 0.3 is 0 Å². The molecule has 2 rings (SSSR count). The molecule has 1 N–H and O–H groups in total. The van der Waals surface area contributed by atoms with Crippen LogP contribution in [0.15, 0.2) is 12.4 Å². The second kappa shape index (κ2) is 5.67. The van der Waals surface area contributed by atoms with Gasteiger partial charge in [0, 0.05) is 17.8 Å². The Balaban J connectivity index is 2.12. The number of rotatable bonds is 4. The Kier molecular flexibility index (Phi) is 4.21. The Morgan fingerprint density at radius 1 is 1.47 bits per heavy atom. The molecule has 0 amide bonds. The molecule has 0 bridgehead atoms. The number of nitrogens with one attached hydrogen (secondary N) is 1. The van der Waals surface area contributed by atoms with Gasteiger partial charge in [0.15, 0.2) is 0 Å². The second-order valence-corrected chi connectivity index (χ2v) is 5.28. The number of hydrogen-bond acceptors (Lipinski definition) is 2. The first-order valence-electron chi connectivity index (χ1n) is 6.97. The lowest BCUT2D eigenvalue weighted by Gasteiger charge is -2.31. The molecular formula is C14H25N3. The third-order valence-corrected chi connectivity index (χ3v) is 4.29. The zero-order valence-corrected chi connectivity index (χ0v) is 11.3. The summed E-state index contributed by atoms with van der Waals surface area (Å²) in [6.07, 6.45) is 11.0. The van der Waals surface area contributed by atoms with E-state index in [0.717, 1.165) is 5.92 Å². The first kappa shape index (κ1) is 12.6. The molecule has 1 heterocycles. The lowest BCUT2D eigenvalue weighted by Crippen LogP contribution is -2.23. The van der Waals surface area contributed by atoms with Crippen LogP contribution in [-0.4, -0.2) is 16.8 Å². The summed E-state index contributed by atoms with van der Waals surface area (Å²) in [4.78, 5) is 0. The summed E-state index contributed by atoms with van der Waals surface area (Å²) in [7, 11) is 2.00. The molecule has 1 aliphatic carbocycles. The summed E-state index contributed by atoms with van der Waals surface area (Å²) in [6.45, 7) is 4.49. The summed E-state index contributed by atoms with van der Waals surface area (Å²) in [5, 5.41) is 7.85. The monoisotopic (exact) mass is 235 g/mol. The van der Waals surface area contributed by atoms with Crippen molar-refractivity contribution in [3.8, 4) is 0 Å². The van der Waals surface area contributed by atoms with Crippen LogP contribution < -0.4 is 5.32 Å². The van der Waals surface area contributed by atoms with E-state index >= 15 is 0 Å². The van der Waals surface area contributed by atoms with E-state index in [-0.39, 0.29) is 0 Å². The van der Waals surface area contributed by atoms with E-state index in [1.165, 1.54) is 37.7 Å². The van der Waals surface area contributed by atoms with E-state index < -0.39 is 0 Å². The Hall–Kier alpha value is -0.830. The SMILES string of the molecule is CCC1CCCCC1n1cc(C(C)NC)cn1. The molecule has 1 saturated carbocycles. The van der Waals surface area contributed by atoms with Gasteiger partial charge in [-0.2, -0.15) is 5.10 Å². The molecule has 0 saturated heterocycles. The van der Waals surface area contributed by atoms with Crippen molar-refractivity contribution < 1.29 is 0 Å². The average Bonchev–Trinajstić information content (AvgIpc) is 2.87. The van der Waals surface area contributed by atoms with Crippen molar-refractivity contribution in [3.63, 3.8) is 0 Å². The van der Waals surface area contributed by atoms with Gasteiger partial charge in [0.2, 0.25) is 0 Å². The minimum Gasteiger partial charge on any atom is -0.313 e. The van der Waals surface area contributed by atoms with E-state index in [0.29, 0.717) is 12.1 Å². The van der Waals surface area contributed by atoms with E-state index in [1.807, 2.05) is 13.2 Å². The van der Waals surface area contributed by atoms with Crippen molar-refractivity contribution in [1.29, 1.82) is 0 Å². The van der Waals surface area contributed by atoms with Crippen molar-refractivity contribution in [2.45, 2.75) is 58.0 Å². The zero-order valence-electron chi connectivity index (χ0n) is 11.3. The van der Waals surface area contributed by atoms with E-state index in [2.05, 4.69) is 35.1 Å². The van der Waals surface area contributed by atoms with Crippen molar-refractivity contribution in [3.05, 3.63) is 18.0 Å². The van der Waals surface area contributed by atoms with Crippen LogP contribution in [0.3, 0.4) is 0 Å². The highest BCUT2D eigenvalue weighted by Gasteiger charge is 2.25. The minimum absolute atomic E-state index is 0.396. The average molecular weight is 235 g/mol. The molecule has 17 heavy (non-hydrogen) atoms. The fourth-order valence-electron chi connectivity index (χ4n) is 2.94. The molecule has 1 aromatic heterocycles. The zero-order chi connectivity index (χ0) is 12.3. The van der Waals surface area contributed by atoms with Crippen LogP contribution in [0.25, 0.3) is 0 Å². The normalized spacial score (nSPS) is 27.0. The summed E-state index contributed by atoms with van der Waals surface area (Å²) in [5.41, 5.74) is 1.30. The minimum atomic E-state index is 0.396. The molecule has 0 aliphatic heterocycles. The van der Waals surface area contributed by atoms with Gasteiger partial charge < -0.3 is 5.32 Å². The molecule has 96 valence electrons. The van der Waals surface area contributed by atoms with Crippen LogP contribution in [0.5, 0.6) is 0 Å². The maximum atomic E-state index is 4.58. The quantitative estimate of drug-likeness (QED) is 0.867. The third kappa shape index (κ3) is 2.71. The van der Waals surface area contributed by atoms with Gasteiger partial charge in [-0.05, 0) is 32.7 Å². The Bertz CT molecular complexity index is 345. The van der Waals surface area contributed by atoms with Crippen molar-refractivity contribution in [2.24, 2.45) is 5.92 Å². The van der Waals surface area contributed by atoms with Gasteiger partial charge in [0.1, 0.15) is 0 Å². The lowest BCUT2D eigenvalue weighted by molar-refractivity contribution is 0.217. The van der Waals surface area contributed by atoms with E-state index in [1.54, 1.807) is 0 Å². The standard InChI is InChI=1S/C14H25N3/c1-4-12-7-5-6-8-14(12)17-10-13(9-16-17)11(2)15-3/h9-12,14-15H,4-8H2,1-3H3. The van der Waals surface area contributed by atoms with Gasteiger partial charge in [-0.25, -0.2) is 0 Å². The first-order chi connectivity index (χ1) is 8.26. The van der Waals surface area contributed by atoms with Crippen LogP contribution in [0.4, 0.5) is 0 Å². The molecule has 1 fully saturated rings. The van der Waals surface area contributed by atoms with Crippen LogP contribution in [0.2, 0.25) is 0 Å². The predicted molar refractivity (Wildman–Crippen MR) is 71.0 cm³/mol. The number of nitrogens with zero attached hydrogens (tertiary/aromatic N) is 2. The van der Waals surface area contributed by atoms with Gasteiger partial charge in [-0.15, -0.1) is 0 Å². The molecule has 1 aliphatic rings. The maximum absolute atomic E-state index is 4.58. The van der Waals surface area contributed by atoms with Crippen LogP contribution in [0, 0.1) is 5.92 Å². The molecule has 3 unspecified atom stereocenters. The second-order valence-electron chi connectivity index (χ2n) is 5.28. The van der Waals surface area contributed by atoms with Crippen molar-refractivity contribution in [2.75, 3.05) is 7.05 Å². The largest absolute Gasteiger partial charge is 0.313 e. The summed E-state index contributed by atoms with van der Waals surface area (Å²) >= 11 is 0. The van der Waals surface area contributed by atoms with Crippen molar-refractivity contribution in [1.82, 2.24) is 15.1 Å². The summed E-state index contributed by atoms with van der Waals surface area (Å²) in [6, 6.07) is 1.03. The van der Waals surface area contributed by atoms with Crippen LogP contribution >= 0.6 is 0 Å². The molecule has 1 aromatic rings.